The van der Waals surface area contributed by atoms with Crippen LogP contribution in [0.4, 0.5) is 11.4 Å². The smallest absolute Gasteiger partial charge is 0.254 e. The predicted octanol–water partition coefficient (Wildman–Crippen LogP) is 2.81. The largest absolute Gasteiger partial charge is 0.368 e. The van der Waals surface area contributed by atoms with Gasteiger partial charge >= 0.3 is 0 Å². The van der Waals surface area contributed by atoms with Crippen LogP contribution in [0.3, 0.4) is 0 Å². The van der Waals surface area contributed by atoms with Gasteiger partial charge in [0.2, 0.25) is 10.0 Å². The molecule has 2 aromatic carbocycles. The molecule has 0 radical (unpaired) electrons. The van der Waals surface area contributed by atoms with Crippen LogP contribution >= 0.6 is 0 Å². The Kier molecular flexibility index (Phi) is 5.25. The van der Waals surface area contributed by atoms with E-state index in [1.165, 1.54) is 21.1 Å². The Morgan fingerprint density at radius 2 is 1.69 bits per heavy atom. The molecule has 2 fully saturated rings. The van der Waals surface area contributed by atoms with Crippen molar-refractivity contribution in [3.8, 4) is 0 Å². The number of sulfonamides is 1. The van der Waals surface area contributed by atoms with Crippen LogP contribution in [0, 0.1) is 13.8 Å². The van der Waals surface area contributed by atoms with Crippen LogP contribution < -0.4 is 9.21 Å². The number of piperazine rings is 1. The second kappa shape index (κ2) is 7.71. The van der Waals surface area contributed by atoms with Crippen LogP contribution in [0.1, 0.15) is 27.9 Å². The van der Waals surface area contributed by atoms with E-state index in [9.17, 15) is 13.2 Å². The highest BCUT2D eigenvalue weighted by Crippen LogP contribution is 2.26. The van der Waals surface area contributed by atoms with Gasteiger partial charge in [0.1, 0.15) is 0 Å². The summed E-state index contributed by atoms with van der Waals surface area (Å²) in [7, 11) is -3.25. The van der Waals surface area contributed by atoms with E-state index in [2.05, 4.69) is 36.9 Å². The maximum Gasteiger partial charge on any atom is 0.254 e. The highest BCUT2D eigenvalue weighted by molar-refractivity contribution is 7.93. The average Bonchev–Trinajstić information content (AvgIpc) is 3.08. The average molecular weight is 414 g/mol. The van der Waals surface area contributed by atoms with Crippen molar-refractivity contribution in [1.29, 1.82) is 0 Å². The fourth-order valence-electron chi connectivity index (χ4n) is 4.12. The topological polar surface area (TPSA) is 60.9 Å². The monoisotopic (exact) mass is 413 g/mol. The third-order valence-corrected chi connectivity index (χ3v) is 7.62. The molecule has 0 aromatic heterocycles. The van der Waals surface area contributed by atoms with Crippen molar-refractivity contribution < 1.29 is 13.2 Å². The lowest BCUT2D eigenvalue weighted by atomic mass is 10.1. The summed E-state index contributed by atoms with van der Waals surface area (Å²) >= 11 is 0. The lowest BCUT2D eigenvalue weighted by molar-refractivity contribution is 0.0747. The van der Waals surface area contributed by atoms with Gasteiger partial charge in [-0.3, -0.25) is 9.10 Å². The number of hydrogen-bond acceptors (Lipinski definition) is 4. The zero-order chi connectivity index (χ0) is 20.6. The molecule has 7 heteroatoms. The molecule has 0 spiro atoms. The molecule has 2 aliphatic rings. The minimum atomic E-state index is -3.25. The summed E-state index contributed by atoms with van der Waals surface area (Å²) in [5, 5.41) is 0. The van der Waals surface area contributed by atoms with Gasteiger partial charge in [-0.25, -0.2) is 8.42 Å². The first-order valence-electron chi connectivity index (χ1n) is 10.1. The lowest BCUT2D eigenvalue weighted by Crippen LogP contribution is -2.49. The Bertz CT molecular complexity index is 1030. The highest BCUT2D eigenvalue weighted by atomic mass is 32.2. The van der Waals surface area contributed by atoms with E-state index in [0.717, 1.165) is 13.1 Å². The predicted molar refractivity (Wildman–Crippen MR) is 116 cm³/mol. The van der Waals surface area contributed by atoms with Gasteiger partial charge in [-0.1, -0.05) is 18.2 Å². The van der Waals surface area contributed by atoms with Gasteiger partial charge in [0.15, 0.2) is 0 Å². The lowest BCUT2D eigenvalue weighted by Gasteiger charge is -2.37. The van der Waals surface area contributed by atoms with Crippen LogP contribution in [-0.2, 0) is 10.0 Å². The number of carbonyl (C=O) groups is 1. The van der Waals surface area contributed by atoms with E-state index in [0.29, 0.717) is 37.3 Å². The number of aryl methyl sites for hydroxylation is 2. The summed E-state index contributed by atoms with van der Waals surface area (Å²) in [5.41, 5.74) is 4.85. The summed E-state index contributed by atoms with van der Waals surface area (Å²) in [6.07, 6.45) is 0.626. The highest BCUT2D eigenvalue weighted by Gasteiger charge is 2.29. The molecule has 29 heavy (non-hydrogen) atoms. The summed E-state index contributed by atoms with van der Waals surface area (Å²) in [6, 6.07) is 13.5. The Balaban J connectivity index is 1.46. The Hall–Kier alpha value is -2.54. The molecule has 6 nitrogen and oxygen atoms in total. The number of nitrogens with zero attached hydrogens (tertiary/aromatic N) is 3. The first-order chi connectivity index (χ1) is 13.8. The molecule has 1 amide bonds. The standard InChI is InChI=1S/C22H27N3O3S/c1-17-7-8-18(2)21(15-17)23-10-12-24(13-11-23)22(26)19-5-3-6-20(16-19)25-9-4-14-29(25,27)28/h3,5-8,15-16H,4,9-14H2,1-2H3. The van der Waals surface area contributed by atoms with Crippen molar-refractivity contribution in [1.82, 2.24) is 4.90 Å². The zero-order valence-electron chi connectivity index (χ0n) is 17.0. The Labute approximate surface area is 172 Å². The SMILES string of the molecule is Cc1ccc(C)c(N2CCN(C(=O)c3cccc(N4CCCS4(=O)=O)c3)CC2)c1. The summed E-state index contributed by atoms with van der Waals surface area (Å²) in [5.74, 6) is 0.134. The summed E-state index contributed by atoms with van der Waals surface area (Å²) < 4.78 is 25.8. The second-order valence-electron chi connectivity index (χ2n) is 7.86. The molecule has 0 aliphatic carbocycles. The van der Waals surface area contributed by atoms with E-state index in [4.69, 9.17) is 0 Å². The van der Waals surface area contributed by atoms with E-state index in [1.54, 1.807) is 24.3 Å². The maximum absolute atomic E-state index is 13.0. The minimum absolute atomic E-state index is 0.0379. The molecule has 2 saturated heterocycles. The van der Waals surface area contributed by atoms with E-state index in [-0.39, 0.29) is 11.7 Å². The van der Waals surface area contributed by atoms with Crippen LogP contribution in [0.5, 0.6) is 0 Å². The van der Waals surface area contributed by atoms with Crippen LogP contribution in [0.25, 0.3) is 0 Å². The fourth-order valence-corrected chi connectivity index (χ4v) is 5.67. The van der Waals surface area contributed by atoms with Gasteiger partial charge in [0.25, 0.3) is 5.91 Å². The Morgan fingerprint density at radius 3 is 2.38 bits per heavy atom. The Morgan fingerprint density at radius 1 is 0.931 bits per heavy atom. The summed E-state index contributed by atoms with van der Waals surface area (Å²) in [4.78, 5) is 17.2. The number of anilines is 2. The number of carbonyl (C=O) groups excluding carboxylic acids is 1. The quantitative estimate of drug-likeness (QED) is 0.776. The third kappa shape index (κ3) is 3.96. The van der Waals surface area contributed by atoms with Gasteiger partial charge in [0, 0.05) is 44.0 Å². The fraction of sp³-hybridized carbons (Fsp3) is 0.409. The molecule has 154 valence electrons. The van der Waals surface area contributed by atoms with Crippen LogP contribution in [-0.4, -0.2) is 57.7 Å². The van der Waals surface area contributed by atoms with E-state index >= 15 is 0 Å². The molecular weight excluding hydrogens is 386 g/mol. The number of rotatable bonds is 3. The number of hydrogen-bond donors (Lipinski definition) is 0. The van der Waals surface area contributed by atoms with Gasteiger partial charge in [0.05, 0.1) is 11.4 Å². The van der Waals surface area contributed by atoms with Crippen LogP contribution in [0.2, 0.25) is 0 Å². The molecule has 0 unspecified atom stereocenters. The van der Waals surface area contributed by atoms with Crippen molar-refractivity contribution >= 4 is 27.3 Å². The summed E-state index contributed by atoms with van der Waals surface area (Å²) in [6.45, 7) is 7.57. The molecule has 0 N–H and O–H groups in total. The van der Waals surface area contributed by atoms with E-state index in [1.807, 2.05) is 4.90 Å². The number of amides is 1. The van der Waals surface area contributed by atoms with Crippen molar-refractivity contribution in [2.24, 2.45) is 0 Å². The third-order valence-electron chi connectivity index (χ3n) is 5.75. The van der Waals surface area contributed by atoms with Crippen LogP contribution in [0.15, 0.2) is 42.5 Å². The zero-order valence-corrected chi connectivity index (χ0v) is 17.8. The van der Waals surface area contributed by atoms with Gasteiger partial charge < -0.3 is 9.80 Å². The number of benzene rings is 2. The first-order valence-corrected chi connectivity index (χ1v) is 11.7. The molecule has 0 bridgehead atoms. The van der Waals surface area contributed by atoms with Crippen molar-refractivity contribution in [2.45, 2.75) is 20.3 Å². The van der Waals surface area contributed by atoms with Gasteiger partial charge in [-0.05, 0) is 55.7 Å². The second-order valence-corrected chi connectivity index (χ2v) is 9.87. The van der Waals surface area contributed by atoms with E-state index < -0.39 is 10.0 Å². The maximum atomic E-state index is 13.0. The van der Waals surface area contributed by atoms with Crippen molar-refractivity contribution in [2.75, 3.05) is 47.7 Å². The van der Waals surface area contributed by atoms with Gasteiger partial charge in [-0.2, -0.15) is 0 Å². The molecule has 2 heterocycles. The molecule has 2 aliphatic heterocycles. The molecule has 0 saturated carbocycles. The first kappa shape index (κ1) is 19.8. The van der Waals surface area contributed by atoms with Gasteiger partial charge in [-0.15, -0.1) is 0 Å². The van der Waals surface area contributed by atoms with Crippen molar-refractivity contribution in [3.05, 3.63) is 59.2 Å². The normalized spacial score (nSPS) is 18.9. The molecule has 2 aromatic rings. The minimum Gasteiger partial charge on any atom is -0.368 e. The molecule has 4 rings (SSSR count). The van der Waals surface area contributed by atoms with Crippen molar-refractivity contribution in [3.63, 3.8) is 0 Å². The molecule has 0 atom stereocenters. The molecular formula is C22H27N3O3S.